The molecule has 3 aromatic rings. The monoisotopic (exact) mass is 406 g/mol. The van der Waals surface area contributed by atoms with E-state index >= 15 is 0 Å². The molecule has 0 amide bonds. The van der Waals surface area contributed by atoms with E-state index in [4.69, 9.17) is 19.7 Å². The predicted molar refractivity (Wildman–Crippen MR) is 121 cm³/mol. The van der Waals surface area contributed by atoms with E-state index in [1.165, 1.54) is 16.7 Å². The molecule has 0 aliphatic rings. The predicted octanol–water partition coefficient (Wildman–Crippen LogP) is 5.11. The zero-order chi connectivity index (χ0) is 21.2. The highest BCUT2D eigenvalue weighted by atomic mass is 16.5. The molecule has 0 aliphatic heterocycles. The largest absolute Gasteiger partial charge is 0.494 e. The first kappa shape index (κ1) is 21.9. The molecule has 0 saturated heterocycles. The fourth-order valence-corrected chi connectivity index (χ4v) is 3.28. The summed E-state index contributed by atoms with van der Waals surface area (Å²) in [5.41, 5.74) is 5.80. The van der Waals surface area contributed by atoms with Crippen LogP contribution in [0.1, 0.15) is 25.3 Å². The first-order valence-corrected chi connectivity index (χ1v) is 10.6. The fourth-order valence-electron chi connectivity index (χ4n) is 3.28. The molecule has 4 nitrogen and oxygen atoms in total. The Balaban J connectivity index is 1.70. The number of benzene rings is 3. The van der Waals surface area contributed by atoms with Gasteiger partial charge in [0.1, 0.15) is 11.5 Å². The molecule has 0 aliphatic carbocycles. The molecule has 4 heteroatoms. The fraction of sp³-hybridized carbons (Fsp3) is 0.308. The maximum absolute atomic E-state index is 8.93. The lowest BCUT2D eigenvalue weighted by molar-refractivity contribution is 0.232. The van der Waals surface area contributed by atoms with Gasteiger partial charge in [-0.1, -0.05) is 49.4 Å². The topological polar surface area (TPSA) is 58.9 Å². The summed E-state index contributed by atoms with van der Waals surface area (Å²) >= 11 is 0. The number of aryl methyl sites for hydroxylation is 1. The lowest BCUT2D eigenvalue weighted by Crippen LogP contribution is -2.02. The van der Waals surface area contributed by atoms with E-state index in [-0.39, 0.29) is 13.2 Å². The van der Waals surface area contributed by atoms with E-state index in [1.807, 2.05) is 18.2 Å². The molecular formula is C26H30O4. The zero-order valence-corrected chi connectivity index (χ0v) is 17.5. The van der Waals surface area contributed by atoms with Crippen LogP contribution in [0.3, 0.4) is 0 Å². The summed E-state index contributed by atoms with van der Waals surface area (Å²) in [5, 5.41) is 17.8. The Morgan fingerprint density at radius 2 is 1.13 bits per heavy atom. The number of aliphatic hydroxyl groups excluding tert-OH is 2. The Labute approximate surface area is 178 Å². The van der Waals surface area contributed by atoms with Crippen LogP contribution in [0, 0.1) is 0 Å². The standard InChI is InChI=1S/C26H30O4/c1-2-20-19-24(11-14-26(20)30-18-4-16-28)23-7-5-21(6-8-23)22-9-12-25(13-10-22)29-17-3-15-27/h5-14,19,27-28H,2-4,15-18H2,1H3. The van der Waals surface area contributed by atoms with Crippen LogP contribution >= 0.6 is 0 Å². The van der Waals surface area contributed by atoms with Gasteiger partial charge in [-0.15, -0.1) is 0 Å². The summed E-state index contributed by atoms with van der Waals surface area (Å²) in [6.07, 6.45) is 2.17. The van der Waals surface area contributed by atoms with Crippen molar-refractivity contribution < 1.29 is 19.7 Å². The van der Waals surface area contributed by atoms with Crippen LogP contribution in [0.25, 0.3) is 22.3 Å². The molecule has 0 saturated carbocycles. The van der Waals surface area contributed by atoms with Crippen molar-refractivity contribution in [2.75, 3.05) is 26.4 Å². The van der Waals surface area contributed by atoms with Crippen molar-refractivity contribution in [3.05, 3.63) is 72.3 Å². The molecule has 2 N–H and O–H groups in total. The molecule has 3 rings (SSSR count). The average molecular weight is 407 g/mol. The first-order valence-electron chi connectivity index (χ1n) is 10.6. The minimum atomic E-state index is 0.143. The van der Waals surface area contributed by atoms with Crippen LogP contribution in [-0.2, 0) is 6.42 Å². The molecule has 0 atom stereocenters. The highest BCUT2D eigenvalue weighted by molar-refractivity contribution is 5.71. The molecule has 0 spiro atoms. The molecule has 0 aromatic heterocycles. The van der Waals surface area contributed by atoms with Gasteiger partial charge in [0.15, 0.2) is 0 Å². The second-order valence-electron chi connectivity index (χ2n) is 7.13. The second kappa shape index (κ2) is 11.4. The summed E-state index contributed by atoms with van der Waals surface area (Å²) in [4.78, 5) is 0. The molecule has 158 valence electrons. The van der Waals surface area contributed by atoms with Crippen molar-refractivity contribution in [3.63, 3.8) is 0 Å². The van der Waals surface area contributed by atoms with E-state index in [2.05, 4.69) is 55.5 Å². The molecule has 0 bridgehead atoms. The summed E-state index contributed by atoms with van der Waals surface area (Å²) in [7, 11) is 0. The minimum absolute atomic E-state index is 0.143. The van der Waals surface area contributed by atoms with Crippen molar-refractivity contribution >= 4 is 0 Å². The highest BCUT2D eigenvalue weighted by Gasteiger charge is 2.07. The van der Waals surface area contributed by atoms with Gasteiger partial charge in [-0.25, -0.2) is 0 Å². The van der Waals surface area contributed by atoms with Crippen LogP contribution in [0.4, 0.5) is 0 Å². The number of aliphatic hydroxyl groups is 2. The molecule has 0 fully saturated rings. The van der Waals surface area contributed by atoms with E-state index in [0.717, 1.165) is 29.0 Å². The normalized spacial score (nSPS) is 10.8. The molecular weight excluding hydrogens is 376 g/mol. The van der Waals surface area contributed by atoms with Gasteiger partial charge < -0.3 is 19.7 Å². The van der Waals surface area contributed by atoms with Crippen molar-refractivity contribution in [2.24, 2.45) is 0 Å². The van der Waals surface area contributed by atoms with Crippen molar-refractivity contribution in [2.45, 2.75) is 26.2 Å². The zero-order valence-electron chi connectivity index (χ0n) is 17.5. The Kier molecular flexibility index (Phi) is 8.30. The Bertz CT molecular complexity index is 901. The SMILES string of the molecule is CCc1cc(-c2ccc(-c3ccc(OCCCO)cc3)cc2)ccc1OCCCO. The van der Waals surface area contributed by atoms with Crippen LogP contribution in [0.5, 0.6) is 11.5 Å². The quantitative estimate of drug-likeness (QED) is 0.435. The van der Waals surface area contributed by atoms with Gasteiger partial charge in [0, 0.05) is 26.1 Å². The smallest absolute Gasteiger partial charge is 0.122 e. The third-order valence-corrected chi connectivity index (χ3v) is 4.98. The Hall–Kier alpha value is -2.82. The van der Waals surface area contributed by atoms with Gasteiger partial charge in [0.2, 0.25) is 0 Å². The average Bonchev–Trinajstić information content (AvgIpc) is 2.80. The maximum Gasteiger partial charge on any atom is 0.122 e. The van der Waals surface area contributed by atoms with Gasteiger partial charge in [0.05, 0.1) is 13.2 Å². The number of hydrogen-bond acceptors (Lipinski definition) is 4. The third kappa shape index (κ3) is 5.85. The van der Waals surface area contributed by atoms with E-state index in [0.29, 0.717) is 26.1 Å². The van der Waals surface area contributed by atoms with Crippen LogP contribution in [0.2, 0.25) is 0 Å². The van der Waals surface area contributed by atoms with E-state index < -0.39 is 0 Å². The Morgan fingerprint density at radius 1 is 0.633 bits per heavy atom. The molecule has 30 heavy (non-hydrogen) atoms. The van der Waals surface area contributed by atoms with Crippen LogP contribution in [0.15, 0.2) is 66.7 Å². The minimum Gasteiger partial charge on any atom is -0.494 e. The van der Waals surface area contributed by atoms with Crippen LogP contribution in [-0.4, -0.2) is 36.6 Å². The molecule has 0 unspecified atom stereocenters. The second-order valence-corrected chi connectivity index (χ2v) is 7.13. The summed E-state index contributed by atoms with van der Waals surface area (Å²) < 4.78 is 11.4. The van der Waals surface area contributed by atoms with Crippen LogP contribution < -0.4 is 9.47 Å². The molecule has 0 radical (unpaired) electrons. The summed E-state index contributed by atoms with van der Waals surface area (Å²) in [5.74, 6) is 1.71. The van der Waals surface area contributed by atoms with Crippen molar-refractivity contribution in [1.29, 1.82) is 0 Å². The number of hydrogen-bond donors (Lipinski definition) is 2. The lowest BCUT2D eigenvalue weighted by atomic mass is 9.98. The van der Waals surface area contributed by atoms with Crippen molar-refractivity contribution in [3.8, 4) is 33.8 Å². The van der Waals surface area contributed by atoms with E-state index in [1.54, 1.807) is 0 Å². The summed E-state index contributed by atoms with van der Waals surface area (Å²) in [6, 6.07) is 22.9. The van der Waals surface area contributed by atoms with Gasteiger partial charge >= 0.3 is 0 Å². The van der Waals surface area contributed by atoms with Crippen molar-refractivity contribution in [1.82, 2.24) is 0 Å². The van der Waals surface area contributed by atoms with E-state index in [9.17, 15) is 0 Å². The molecule has 0 heterocycles. The third-order valence-electron chi connectivity index (χ3n) is 4.98. The highest BCUT2D eigenvalue weighted by Crippen LogP contribution is 2.30. The lowest BCUT2D eigenvalue weighted by Gasteiger charge is -2.12. The first-order chi connectivity index (χ1) is 14.7. The molecule has 3 aromatic carbocycles. The van der Waals surface area contributed by atoms with Gasteiger partial charge in [-0.05, 0) is 58.5 Å². The maximum atomic E-state index is 8.93. The Morgan fingerprint density at radius 3 is 1.70 bits per heavy atom. The number of rotatable bonds is 11. The summed E-state index contributed by atoms with van der Waals surface area (Å²) in [6.45, 7) is 3.46. The van der Waals surface area contributed by atoms with Gasteiger partial charge in [-0.2, -0.15) is 0 Å². The number of ether oxygens (including phenoxy) is 2. The van der Waals surface area contributed by atoms with Gasteiger partial charge in [0.25, 0.3) is 0 Å². The van der Waals surface area contributed by atoms with Gasteiger partial charge in [-0.3, -0.25) is 0 Å².